The highest BCUT2D eigenvalue weighted by atomic mass is 32.2. The van der Waals surface area contributed by atoms with Gasteiger partial charge < -0.3 is 14.2 Å². The molecule has 0 saturated carbocycles. The van der Waals surface area contributed by atoms with E-state index in [4.69, 9.17) is 4.55 Å². The van der Waals surface area contributed by atoms with E-state index >= 15 is 0 Å². The number of rotatable bonds is 10. The third-order valence-corrected chi connectivity index (χ3v) is 3.75. The van der Waals surface area contributed by atoms with Crippen LogP contribution < -0.4 is 0 Å². The van der Waals surface area contributed by atoms with E-state index in [1.165, 1.54) is 0 Å². The maximum absolute atomic E-state index is 13.4. The largest absolute Gasteiger partial charge is 0.468 e. The third-order valence-electron chi connectivity index (χ3n) is 2.80. The Balaban J connectivity index is 5.83. The van der Waals surface area contributed by atoms with Crippen LogP contribution >= 0.6 is 0 Å². The van der Waals surface area contributed by atoms with Crippen LogP contribution in [0.4, 0.5) is 30.7 Å². The van der Waals surface area contributed by atoms with Crippen LogP contribution in [0.15, 0.2) is 12.7 Å². The van der Waals surface area contributed by atoms with E-state index in [2.05, 4.69) is 20.8 Å². The molecule has 0 aromatic rings. The van der Waals surface area contributed by atoms with Gasteiger partial charge in [-0.05, 0) is 6.92 Å². The summed E-state index contributed by atoms with van der Waals surface area (Å²) in [6.45, 7) is 0.969. The van der Waals surface area contributed by atoms with E-state index in [9.17, 15) is 48.7 Å². The SMILES string of the molecule is C=CC(=O)OC(OCCC(F)(F)C(F)(F)S(=O)(=O)O)(C(=O)OCC)C(F)(F)F. The van der Waals surface area contributed by atoms with E-state index < -0.39 is 64.8 Å². The normalized spacial score (nSPS) is 15.5. The fourth-order valence-corrected chi connectivity index (χ4v) is 1.93. The van der Waals surface area contributed by atoms with Crippen LogP contribution in [0.2, 0.25) is 0 Å². The molecule has 0 aliphatic rings. The molecule has 0 aliphatic carbocycles. The summed E-state index contributed by atoms with van der Waals surface area (Å²) in [5.41, 5.74) is 0. The van der Waals surface area contributed by atoms with Gasteiger partial charge in [0, 0.05) is 12.5 Å². The molecule has 0 bridgehead atoms. The number of alkyl halides is 7. The second kappa shape index (κ2) is 8.60. The van der Waals surface area contributed by atoms with Crippen molar-refractivity contribution >= 4 is 22.1 Å². The number of hydrogen-bond acceptors (Lipinski definition) is 7. The molecule has 28 heavy (non-hydrogen) atoms. The van der Waals surface area contributed by atoms with Crippen molar-refractivity contribution in [2.24, 2.45) is 0 Å². The molecule has 0 rings (SSSR count). The number of carbonyl (C=O) groups excluding carboxylic acids is 2. The van der Waals surface area contributed by atoms with Gasteiger partial charge in [0.15, 0.2) is 0 Å². The average molecular weight is 450 g/mol. The van der Waals surface area contributed by atoms with Crippen LogP contribution in [0.1, 0.15) is 13.3 Å². The summed E-state index contributed by atoms with van der Waals surface area (Å²) in [7, 11) is -6.65. The van der Waals surface area contributed by atoms with Gasteiger partial charge in [0.25, 0.3) is 0 Å². The van der Waals surface area contributed by atoms with E-state index in [1.54, 1.807) is 0 Å². The predicted octanol–water partition coefficient (Wildman–Crippen LogP) is 2.06. The molecule has 0 fully saturated rings. The Hall–Kier alpha value is -1.94. The number of ether oxygens (including phenoxy) is 3. The summed E-state index contributed by atoms with van der Waals surface area (Å²) >= 11 is 0. The first kappa shape index (κ1) is 26.1. The molecule has 8 nitrogen and oxygen atoms in total. The van der Waals surface area contributed by atoms with Gasteiger partial charge in [-0.3, -0.25) is 4.55 Å². The second-order valence-electron chi connectivity index (χ2n) is 4.75. The van der Waals surface area contributed by atoms with Gasteiger partial charge in [-0.1, -0.05) is 6.58 Å². The van der Waals surface area contributed by atoms with Crippen LogP contribution in [0.3, 0.4) is 0 Å². The third kappa shape index (κ3) is 5.32. The molecule has 1 atom stereocenters. The maximum atomic E-state index is 13.4. The Morgan fingerprint density at radius 2 is 1.61 bits per heavy atom. The summed E-state index contributed by atoms with van der Waals surface area (Å²) in [4.78, 5) is 22.7. The van der Waals surface area contributed by atoms with Crippen molar-refractivity contribution in [1.82, 2.24) is 0 Å². The van der Waals surface area contributed by atoms with Gasteiger partial charge in [-0.25, -0.2) is 9.59 Å². The summed E-state index contributed by atoms with van der Waals surface area (Å²) < 4.78 is 133. The Bertz CT molecular complexity index is 703. The molecule has 16 heteroatoms. The average Bonchev–Trinajstić information content (AvgIpc) is 2.51. The first-order valence-electron chi connectivity index (χ1n) is 6.85. The van der Waals surface area contributed by atoms with Crippen molar-refractivity contribution < 1.29 is 67.5 Å². The Morgan fingerprint density at radius 3 is 1.96 bits per heavy atom. The molecule has 0 aliphatic heterocycles. The number of esters is 2. The minimum absolute atomic E-state index is 0.143. The lowest BCUT2D eigenvalue weighted by atomic mass is 10.2. The van der Waals surface area contributed by atoms with Crippen LogP contribution in [-0.2, 0) is 33.9 Å². The molecule has 0 radical (unpaired) electrons. The van der Waals surface area contributed by atoms with Crippen molar-refractivity contribution in [2.75, 3.05) is 13.2 Å². The van der Waals surface area contributed by atoms with Crippen molar-refractivity contribution in [3.05, 3.63) is 12.7 Å². The van der Waals surface area contributed by atoms with Gasteiger partial charge >= 0.3 is 45.2 Å². The van der Waals surface area contributed by atoms with E-state index in [1.807, 2.05) is 0 Å². The smallest absolute Gasteiger partial charge is 0.461 e. The predicted molar refractivity (Wildman–Crippen MR) is 73.7 cm³/mol. The quantitative estimate of drug-likeness (QED) is 0.177. The lowest BCUT2D eigenvalue weighted by Crippen LogP contribution is -2.58. The lowest BCUT2D eigenvalue weighted by molar-refractivity contribution is -0.356. The topological polar surface area (TPSA) is 116 Å². The zero-order valence-corrected chi connectivity index (χ0v) is 14.6. The summed E-state index contributed by atoms with van der Waals surface area (Å²) in [6.07, 6.45) is -8.23. The summed E-state index contributed by atoms with van der Waals surface area (Å²) in [5, 5.41) is -6.09. The van der Waals surface area contributed by atoms with Crippen molar-refractivity contribution in [1.29, 1.82) is 0 Å². The Labute approximate surface area is 153 Å². The fourth-order valence-electron chi connectivity index (χ4n) is 1.45. The zero-order valence-electron chi connectivity index (χ0n) is 13.8. The molecule has 0 heterocycles. The maximum Gasteiger partial charge on any atom is 0.468 e. The van der Waals surface area contributed by atoms with Gasteiger partial charge in [-0.2, -0.15) is 39.2 Å². The number of hydrogen-bond donors (Lipinski definition) is 1. The molecule has 1 unspecified atom stereocenters. The number of halogens is 7. The van der Waals surface area contributed by atoms with Gasteiger partial charge in [0.1, 0.15) is 0 Å². The molecule has 0 saturated heterocycles. The van der Waals surface area contributed by atoms with Crippen LogP contribution in [-0.4, -0.2) is 61.3 Å². The zero-order chi connectivity index (χ0) is 22.6. The lowest BCUT2D eigenvalue weighted by Gasteiger charge is -2.32. The van der Waals surface area contributed by atoms with Crippen molar-refractivity contribution in [3.63, 3.8) is 0 Å². The second-order valence-corrected chi connectivity index (χ2v) is 6.22. The van der Waals surface area contributed by atoms with E-state index in [0.717, 1.165) is 6.92 Å². The molecule has 1 N–H and O–H groups in total. The van der Waals surface area contributed by atoms with E-state index in [-0.39, 0.29) is 6.08 Å². The standard InChI is InChI=1S/C12H13F7O8S/c1-3-7(20)27-10(11(15,16)17,8(21)25-4-2)26-6-5-9(13,14)12(18,19)28(22,23)24/h3H,1,4-6H2,2H3,(H,22,23,24). The highest BCUT2D eigenvalue weighted by Gasteiger charge is 2.69. The van der Waals surface area contributed by atoms with E-state index in [0.29, 0.717) is 0 Å². The molecule has 164 valence electrons. The number of carbonyl (C=O) groups is 2. The Kier molecular flexibility index (Phi) is 8.01. The first-order valence-corrected chi connectivity index (χ1v) is 8.29. The highest BCUT2D eigenvalue weighted by molar-refractivity contribution is 7.87. The first-order chi connectivity index (χ1) is 12.4. The van der Waals surface area contributed by atoms with Crippen LogP contribution in [0.25, 0.3) is 0 Å². The van der Waals surface area contributed by atoms with Crippen molar-refractivity contribution in [2.45, 2.75) is 36.5 Å². The fraction of sp³-hybridized carbons (Fsp3) is 0.667. The molecule has 0 aromatic heterocycles. The molecule has 0 amide bonds. The van der Waals surface area contributed by atoms with Crippen LogP contribution in [0, 0.1) is 0 Å². The van der Waals surface area contributed by atoms with Gasteiger partial charge in [0.2, 0.25) is 0 Å². The highest BCUT2D eigenvalue weighted by Crippen LogP contribution is 2.42. The van der Waals surface area contributed by atoms with Crippen molar-refractivity contribution in [3.8, 4) is 0 Å². The molecular weight excluding hydrogens is 437 g/mol. The molecule has 0 spiro atoms. The molecule has 0 aromatic carbocycles. The minimum atomic E-state index is -6.65. The Morgan fingerprint density at radius 1 is 1.11 bits per heavy atom. The van der Waals surface area contributed by atoms with Crippen LogP contribution in [0.5, 0.6) is 0 Å². The summed E-state index contributed by atoms with van der Waals surface area (Å²) in [5.74, 6) is -14.6. The van der Waals surface area contributed by atoms with Gasteiger partial charge in [-0.15, -0.1) is 0 Å². The van der Waals surface area contributed by atoms with Gasteiger partial charge in [0.05, 0.1) is 13.2 Å². The summed E-state index contributed by atoms with van der Waals surface area (Å²) in [6, 6.07) is 0. The monoisotopic (exact) mass is 450 g/mol. The molecular formula is C12H13F7O8S. The minimum Gasteiger partial charge on any atom is -0.461 e.